The van der Waals surface area contributed by atoms with E-state index in [0.29, 0.717) is 6.04 Å². The van der Waals surface area contributed by atoms with Crippen molar-refractivity contribution in [3.8, 4) is 0 Å². The van der Waals surface area contributed by atoms with Crippen LogP contribution < -0.4 is 11.3 Å². The van der Waals surface area contributed by atoms with Crippen molar-refractivity contribution in [3.05, 3.63) is 20.8 Å². The maximum Gasteiger partial charge on any atom is 0.0287 e. The Kier molecular flexibility index (Phi) is 5.18. The molecule has 1 aromatic rings. The van der Waals surface area contributed by atoms with E-state index in [2.05, 4.69) is 32.8 Å². The maximum atomic E-state index is 5.87. The van der Waals surface area contributed by atoms with Crippen LogP contribution in [0.1, 0.15) is 49.8 Å². The minimum atomic E-state index is 0.448. The van der Waals surface area contributed by atoms with E-state index in [4.69, 9.17) is 5.84 Å². The van der Waals surface area contributed by atoms with E-state index in [9.17, 15) is 0 Å². The fourth-order valence-corrected chi connectivity index (χ4v) is 5.83. The van der Waals surface area contributed by atoms with Crippen molar-refractivity contribution in [1.82, 2.24) is 5.43 Å². The van der Waals surface area contributed by atoms with Crippen LogP contribution in [-0.4, -0.2) is 6.04 Å². The predicted molar refractivity (Wildman–Crippen MR) is 89.6 cm³/mol. The molecule has 0 bridgehead atoms. The Morgan fingerprint density at radius 1 is 1.25 bits per heavy atom. The Bertz CT molecular complexity index is 434. The van der Waals surface area contributed by atoms with Gasteiger partial charge in [-0.3, -0.25) is 11.3 Å². The lowest BCUT2D eigenvalue weighted by molar-refractivity contribution is 0.109. The molecule has 0 aromatic carbocycles. The first kappa shape index (κ1) is 15.0. The summed E-state index contributed by atoms with van der Waals surface area (Å²) in [7, 11) is 0. The molecule has 1 heterocycles. The Morgan fingerprint density at radius 3 is 2.75 bits per heavy atom. The Hall–Kier alpha value is 0.1000. The molecule has 20 heavy (non-hydrogen) atoms. The molecule has 4 atom stereocenters. The minimum absolute atomic E-state index is 0.448. The number of fused-ring (bicyclic) bond motifs is 1. The van der Waals surface area contributed by atoms with Crippen molar-refractivity contribution < 1.29 is 0 Å². The van der Waals surface area contributed by atoms with Crippen LogP contribution in [0.15, 0.2) is 15.9 Å². The number of hydrogen-bond acceptors (Lipinski definition) is 3. The Morgan fingerprint density at radius 2 is 2.05 bits per heavy atom. The number of thiophene rings is 1. The summed E-state index contributed by atoms with van der Waals surface area (Å²) < 4.78 is 1.20. The minimum Gasteiger partial charge on any atom is -0.271 e. The van der Waals surface area contributed by atoms with Crippen molar-refractivity contribution >= 4 is 27.3 Å². The van der Waals surface area contributed by atoms with Gasteiger partial charge in [0, 0.05) is 20.8 Å². The van der Waals surface area contributed by atoms with Gasteiger partial charge in [-0.15, -0.1) is 11.3 Å². The first-order valence-electron chi connectivity index (χ1n) is 7.95. The van der Waals surface area contributed by atoms with Gasteiger partial charge in [0.15, 0.2) is 0 Å². The highest BCUT2D eigenvalue weighted by molar-refractivity contribution is 9.10. The van der Waals surface area contributed by atoms with Gasteiger partial charge >= 0.3 is 0 Å². The quantitative estimate of drug-likeness (QED) is 0.615. The fraction of sp³-hybridized carbons (Fsp3) is 0.750. The summed E-state index contributed by atoms with van der Waals surface area (Å²) in [4.78, 5) is 1.44. The van der Waals surface area contributed by atoms with E-state index in [1.807, 2.05) is 11.3 Å². The third-order valence-electron chi connectivity index (χ3n) is 5.41. The second-order valence-electron chi connectivity index (χ2n) is 6.59. The lowest BCUT2D eigenvalue weighted by atomic mass is 9.66. The molecular formula is C16H25BrN2S. The molecule has 1 aromatic heterocycles. The van der Waals surface area contributed by atoms with Gasteiger partial charge in [0.25, 0.3) is 0 Å². The van der Waals surface area contributed by atoms with E-state index < -0.39 is 0 Å². The summed E-state index contributed by atoms with van der Waals surface area (Å²) in [5.74, 6) is 8.64. The molecule has 2 aliphatic carbocycles. The highest BCUT2D eigenvalue weighted by Crippen LogP contribution is 2.44. The first-order valence-corrected chi connectivity index (χ1v) is 9.62. The molecule has 0 radical (unpaired) electrons. The number of hydrazine groups is 1. The zero-order valence-corrected chi connectivity index (χ0v) is 14.4. The third kappa shape index (κ3) is 3.46. The lowest BCUT2D eigenvalue weighted by Gasteiger charge is -2.41. The number of halogens is 1. The molecule has 2 nitrogen and oxygen atoms in total. The van der Waals surface area contributed by atoms with Crippen LogP contribution in [0.2, 0.25) is 0 Å². The number of nitrogens with one attached hydrogen (secondary N) is 1. The molecule has 4 heteroatoms. The van der Waals surface area contributed by atoms with Gasteiger partial charge in [0.05, 0.1) is 0 Å². The zero-order chi connectivity index (χ0) is 13.9. The summed E-state index contributed by atoms with van der Waals surface area (Å²) in [5.41, 5.74) is 3.12. The Labute approximate surface area is 134 Å². The standard InChI is InChI=1S/C16H25BrN2S/c17-14-8-15(20-10-14)9-16(19-18)13-6-5-11-3-1-2-4-12(11)7-13/h8,10-13,16,19H,1-7,9,18H2. The molecule has 4 unspecified atom stereocenters. The van der Waals surface area contributed by atoms with Crippen LogP contribution in [0.25, 0.3) is 0 Å². The molecule has 2 fully saturated rings. The second kappa shape index (κ2) is 6.91. The second-order valence-corrected chi connectivity index (χ2v) is 8.50. The molecular weight excluding hydrogens is 332 g/mol. The number of rotatable bonds is 4. The SMILES string of the molecule is NNC(Cc1cc(Br)cs1)C1CCC2CCCCC2C1. The van der Waals surface area contributed by atoms with Gasteiger partial charge in [-0.2, -0.15) is 0 Å². The van der Waals surface area contributed by atoms with Gasteiger partial charge in [-0.25, -0.2) is 0 Å². The average molecular weight is 357 g/mol. The molecule has 0 spiro atoms. The summed E-state index contributed by atoms with van der Waals surface area (Å²) in [6.45, 7) is 0. The summed E-state index contributed by atoms with van der Waals surface area (Å²) >= 11 is 5.38. The molecule has 0 amide bonds. The van der Waals surface area contributed by atoms with Crippen LogP contribution in [0, 0.1) is 17.8 Å². The van der Waals surface area contributed by atoms with Crippen LogP contribution >= 0.6 is 27.3 Å². The van der Waals surface area contributed by atoms with Gasteiger partial charge < -0.3 is 0 Å². The van der Waals surface area contributed by atoms with E-state index in [-0.39, 0.29) is 0 Å². The average Bonchev–Trinajstić information content (AvgIpc) is 2.89. The van der Waals surface area contributed by atoms with E-state index >= 15 is 0 Å². The number of nitrogens with two attached hydrogens (primary N) is 1. The van der Waals surface area contributed by atoms with Gasteiger partial charge in [-0.05, 0) is 65.4 Å². The van der Waals surface area contributed by atoms with Gasteiger partial charge in [-0.1, -0.05) is 25.7 Å². The highest BCUT2D eigenvalue weighted by Gasteiger charge is 2.35. The normalized spacial score (nSPS) is 31.8. The largest absolute Gasteiger partial charge is 0.271 e. The molecule has 0 saturated heterocycles. The monoisotopic (exact) mass is 356 g/mol. The molecule has 3 N–H and O–H groups in total. The molecule has 2 saturated carbocycles. The summed E-state index contributed by atoms with van der Waals surface area (Å²) in [5, 5.41) is 2.17. The number of hydrogen-bond donors (Lipinski definition) is 2. The van der Waals surface area contributed by atoms with E-state index in [0.717, 1.165) is 24.2 Å². The van der Waals surface area contributed by atoms with Crippen LogP contribution in [0.5, 0.6) is 0 Å². The van der Waals surface area contributed by atoms with Crippen LogP contribution in [-0.2, 0) is 6.42 Å². The predicted octanol–water partition coefficient (Wildman–Crippen LogP) is 4.49. The van der Waals surface area contributed by atoms with Gasteiger partial charge in [0.1, 0.15) is 0 Å². The topological polar surface area (TPSA) is 38.0 Å². The van der Waals surface area contributed by atoms with Crippen LogP contribution in [0.4, 0.5) is 0 Å². The van der Waals surface area contributed by atoms with Crippen molar-refractivity contribution in [1.29, 1.82) is 0 Å². The summed E-state index contributed by atoms with van der Waals surface area (Å²) in [6.07, 6.45) is 11.1. The first-order chi connectivity index (χ1) is 9.76. The van der Waals surface area contributed by atoms with Crippen molar-refractivity contribution in [3.63, 3.8) is 0 Å². The molecule has 3 rings (SSSR count). The van der Waals surface area contributed by atoms with E-state index in [1.54, 1.807) is 0 Å². The van der Waals surface area contributed by atoms with Crippen molar-refractivity contribution in [2.24, 2.45) is 23.6 Å². The molecule has 112 valence electrons. The van der Waals surface area contributed by atoms with Crippen LogP contribution in [0.3, 0.4) is 0 Å². The third-order valence-corrected chi connectivity index (χ3v) is 7.13. The van der Waals surface area contributed by atoms with Gasteiger partial charge in [0.2, 0.25) is 0 Å². The molecule has 0 aliphatic heterocycles. The molecule has 2 aliphatic rings. The van der Waals surface area contributed by atoms with Crippen molar-refractivity contribution in [2.75, 3.05) is 0 Å². The lowest BCUT2D eigenvalue weighted by Crippen LogP contribution is -2.45. The van der Waals surface area contributed by atoms with Crippen molar-refractivity contribution in [2.45, 2.75) is 57.4 Å². The Balaban J connectivity index is 1.61. The van der Waals surface area contributed by atoms with E-state index in [1.165, 1.54) is 54.3 Å². The highest BCUT2D eigenvalue weighted by atomic mass is 79.9. The zero-order valence-electron chi connectivity index (χ0n) is 12.0. The fourth-order valence-electron chi connectivity index (χ4n) is 4.31. The maximum absolute atomic E-state index is 5.87. The summed E-state index contributed by atoms with van der Waals surface area (Å²) in [6, 6.07) is 2.68. The smallest absolute Gasteiger partial charge is 0.0287 e.